The fraction of sp³-hybridized carbons (Fsp3) is 0.447. The van der Waals surface area contributed by atoms with Crippen molar-refractivity contribution in [2.45, 2.75) is 127 Å². The van der Waals surface area contributed by atoms with Crippen LogP contribution < -0.4 is 43.0 Å². The number of carbonyl (C=O) groups is 11. The Labute approximate surface area is 422 Å². The van der Waals surface area contributed by atoms with Gasteiger partial charge >= 0.3 is 23.9 Å². The summed E-state index contributed by atoms with van der Waals surface area (Å²) in [6.45, 7) is 4.30. The number of hydrogen-bond acceptors (Lipinski definition) is 15. The summed E-state index contributed by atoms with van der Waals surface area (Å²) in [6, 6.07) is 4.09. The number of hydrogen-bond donors (Lipinski definition) is 13. The second-order valence-electron chi connectivity index (χ2n) is 17.2. The lowest BCUT2D eigenvalue weighted by atomic mass is 9.98. The van der Waals surface area contributed by atoms with E-state index in [0.717, 1.165) is 6.92 Å². The number of nitrogens with one attached hydrogen (secondary N) is 7. The lowest BCUT2D eigenvalue weighted by Crippen LogP contribution is -2.61. The summed E-state index contributed by atoms with van der Waals surface area (Å²) in [5.74, 6) is -13.6. The first-order valence-corrected chi connectivity index (χ1v) is 23.8. The predicted molar refractivity (Wildman–Crippen MR) is 258 cm³/mol. The molecule has 1 aromatic heterocycles. The molecule has 3 aromatic rings. The maximum Gasteiger partial charge on any atom is 0.326 e. The molecular weight excluding hydrogens is 979 g/mol. The number of rotatable bonds is 31. The second-order valence-corrected chi connectivity index (χ2v) is 18.0. The molecule has 0 unspecified atom stereocenters. The van der Waals surface area contributed by atoms with Crippen molar-refractivity contribution in [2.24, 2.45) is 11.7 Å². The topological polar surface area (TPSA) is 412 Å². The average molecular weight is 1040 g/mol. The number of nitrogens with two attached hydrogens (primary N) is 1. The fourth-order valence-corrected chi connectivity index (χ4v) is 7.55. The van der Waals surface area contributed by atoms with Crippen molar-refractivity contribution in [3.8, 4) is 0 Å². The Morgan fingerprint density at radius 2 is 1.07 bits per heavy atom. The van der Waals surface area contributed by atoms with Crippen molar-refractivity contribution >= 4 is 76.6 Å². The third kappa shape index (κ3) is 20.8. The van der Waals surface area contributed by atoms with Gasteiger partial charge in [0.1, 0.15) is 36.3 Å². The molecule has 1 heterocycles. The Bertz CT molecular complexity index is 2390. The van der Waals surface area contributed by atoms with E-state index in [9.17, 15) is 73.2 Å². The number of aliphatic hydroxyl groups is 1. The van der Waals surface area contributed by atoms with E-state index < -0.39 is 151 Å². The summed E-state index contributed by atoms with van der Waals surface area (Å²) < 4.78 is 0. The number of benzene rings is 2. The van der Waals surface area contributed by atoms with Crippen LogP contribution in [0.2, 0.25) is 0 Å². The summed E-state index contributed by atoms with van der Waals surface area (Å²) in [5.41, 5.74) is 8.70. The van der Waals surface area contributed by atoms with Crippen LogP contribution in [0.25, 0.3) is 0 Å². The van der Waals surface area contributed by atoms with Crippen LogP contribution in [0.4, 0.5) is 0 Å². The molecule has 0 aliphatic heterocycles. The third-order valence-electron chi connectivity index (χ3n) is 11.0. The summed E-state index contributed by atoms with van der Waals surface area (Å²) in [7, 11) is 0. The molecule has 0 radical (unpaired) electrons. The van der Waals surface area contributed by atoms with Crippen molar-refractivity contribution in [1.29, 1.82) is 0 Å². The standard InChI is InChI=1S/C47H61N9O16S/c1-24(2)38(56-41(65)29(48)14-16-35(57)58)45(69)53-32(20-28-22-73-23-49-28)44(68)52-31(18-26-10-6-4-7-11-26)39(63)46(70)54-33(21-37(61)62)43(67)50-25(3)40(64)51-30(15-17-36(59)60)42(66)55-34(47(71)72)19-27-12-8-5-9-13-27/h4-13,22-25,29-34,38-39,63H,14-21,48H2,1-3H3,(H,50,67)(H,51,64)(H,52,68)(H,53,69)(H,54,70)(H,55,66)(H,56,65)(H,57,58)(H,59,60)(H,61,62)(H,71,72)/t25-,29-,30-,31-,32-,33-,34-,38-,39+/m0/s1. The van der Waals surface area contributed by atoms with E-state index in [1.165, 1.54) is 16.8 Å². The first-order chi connectivity index (χ1) is 34.4. The number of thiazole rings is 1. The molecule has 0 fully saturated rings. The normalized spacial score (nSPS) is 14.7. The highest BCUT2D eigenvalue weighted by Gasteiger charge is 2.37. The zero-order valence-electron chi connectivity index (χ0n) is 40.0. The Morgan fingerprint density at radius 3 is 1.60 bits per heavy atom. The molecule has 25 nitrogen and oxygen atoms in total. The molecule has 7 amide bonds. The molecular formula is C47H61N9O16S. The molecule has 26 heteroatoms. The van der Waals surface area contributed by atoms with Crippen molar-refractivity contribution < 1.29 is 78.3 Å². The maximum atomic E-state index is 14.2. The maximum absolute atomic E-state index is 14.2. The van der Waals surface area contributed by atoms with E-state index in [-0.39, 0.29) is 25.7 Å². The van der Waals surface area contributed by atoms with Crippen molar-refractivity contribution in [1.82, 2.24) is 42.2 Å². The minimum Gasteiger partial charge on any atom is -0.481 e. The zero-order valence-corrected chi connectivity index (χ0v) is 40.8. The van der Waals surface area contributed by atoms with Gasteiger partial charge in [-0.15, -0.1) is 11.3 Å². The van der Waals surface area contributed by atoms with Gasteiger partial charge in [0, 0.05) is 31.1 Å². The first-order valence-electron chi connectivity index (χ1n) is 22.8. The molecule has 0 saturated heterocycles. The highest BCUT2D eigenvalue weighted by Crippen LogP contribution is 2.13. The molecule has 0 aliphatic carbocycles. The zero-order chi connectivity index (χ0) is 54.4. The van der Waals surface area contributed by atoms with Crippen LogP contribution in [0.5, 0.6) is 0 Å². The van der Waals surface area contributed by atoms with Gasteiger partial charge in [0.25, 0.3) is 5.91 Å². The molecule has 9 atom stereocenters. The minimum atomic E-state index is -2.23. The lowest BCUT2D eigenvalue weighted by Gasteiger charge is -2.29. The molecule has 0 spiro atoms. The third-order valence-corrected chi connectivity index (χ3v) is 11.6. The van der Waals surface area contributed by atoms with Crippen molar-refractivity contribution in [3.63, 3.8) is 0 Å². The van der Waals surface area contributed by atoms with Crippen molar-refractivity contribution in [2.75, 3.05) is 0 Å². The van der Waals surface area contributed by atoms with Gasteiger partial charge in [-0.2, -0.15) is 0 Å². The molecule has 396 valence electrons. The van der Waals surface area contributed by atoms with Gasteiger partial charge in [-0.25, -0.2) is 9.78 Å². The summed E-state index contributed by atoms with van der Waals surface area (Å²) in [5, 5.41) is 67.5. The number of carboxylic acid groups (broad SMARTS) is 4. The van der Waals surface area contributed by atoms with Crippen LogP contribution in [-0.4, -0.2) is 150 Å². The summed E-state index contributed by atoms with van der Waals surface area (Å²) >= 11 is 1.18. The van der Waals surface area contributed by atoms with Crippen LogP contribution in [0.1, 0.15) is 69.7 Å². The van der Waals surface area contributed by atoms with Gasteiger partial charge in [-0.3, -0.25) is 47.9 Å². The number of aromatic nitrogens is 1. The quantitative estimate of drug-likeness (QED) is 0.0339. The van der Waals surface area contributed by atoms with E-state index in [1.807, 2.05) is 0 Å². The number of carboxylic acids is 4. The van der Waals surface area contributed by atoms with Crippen LogP contribution in [-0.2, 0) is 72.0 Å². The van der Waals surface area contributed by atoms with Gasteiger partial charge in [0.05, 0.1) is 29.7 Å². The molecule has 73 heavy (non-hydrogen) atoms. The molecule has 3 rings (SSSR count). The van der Waals surface area contributed by atoms with E-state index in [1.54, 1.807) is 79.9 Å². The van der Waals surface area contributed by atoms with Crippen LogP contribution in [0.15, 0.2) is 71.6 Å². The van der Waals surface area contributed by atoms with Crippen LogP contribution in [0.3, 0.4) is 0 Å². The number of amides is 7. The molecule has 14 N–H and O–H groups in total. The summed E-state index contributed by atoms with van der Waals surface area (Å²) in [6.07, 6.45) is -5.78. The van der Waals surface area contributed by atoms with Crippen LogP contribution >= 0.6 is 11.3 Å². The number of nitrogens with zero attached hydrogens (tertiary/aromatic N) is 1. The minimum absolute atomic E-state index is 0.164. The highest BCUT2D eigenvalue weighted by molar-refractivity contribution is 7.07. The Balaban J connectivity index is 1.83. The largest absolute Gasteiger partial charge is 0.481 e. The summed E-state index contributed by atoms with van der Waals surface area (Å²) in [4.78, 5) is 146. The molecule has 0 aliphatic rings. The number of aliphatic carboxylic acids is 4. The number of aliphatic hydroxyl groups excluding tert-OH is 1. The monoisotopic (exact) mass is 1040 g/mol. The fourth-order valence-electron chi connectivity index (χ4n) is 6.98. The highest BCUT2D eigenvalue weighted by atomic mass is 32.1. The van der Waals surface area contributed by atoms with E-state index in [4.69, 9.17) is 10.8 Å². The van der Waals surface area contributed by atoms with E-state index in [0.29, 0.717) is 16.8 Å². The Hall–Kier alpha value is -7.84. The number of carbonyl (C=O) groups excluding carboxylic acids is 7. The van der Waals surface area contributed by atoms with Gasteiger partial charge < -0.3 is 68.5 Å². The van der Waals surface area contributed by atoms with Crippen LogP contribution in [0, 0.1) is 5.92 Å². The predicted octanol–water partition coefficient (Wildman–Crippen LogP) is -1.78. The first kappa shape index (κ1) is 59.5. The van der Waals surface area contributed by atoms with Crippen molar-refractivity contribution in [3.05, 3.63) is 88.4 Å². The lowest BCUT2D eigenvalue weighted by molar-refractivity contribution is -0.143. The van der Waals surface area contributed by atoms with Gasteiger partial charge in [0.15, 0.2) is 6.10 Å². The smallest absolute Gasteiger partial charge is 0.326 e. The van der Waals surface area contributed by atoms with E-state index in [2.05, 4.69) is 42.2 Å². The molecule has 2 aromatic carbocycles. The van der Waals surface area contributed by atoms with Gasteiger partial charge in [-0.1, -0.05) is 74.5 Å². The molecule has 0 bridgehead atoms. The average Bonchev–Trinajstić information content (AvgIpc) is 3.85. The van der Waals surface area contributed by atoms with Gasteiger partial charge in [0.2, 0.25) is 35.4 Å². The molecule has 0 saturated carbocycles. The van der Waals surface area contributed by atoms with E-state index >= 15 is 0 Å². The van der Waals surface area contributed by atoms with Gasteiger partial charge in [-0.05, 0) is 43.2 Å². The SMILES string of the molecule is CC(C)[C@H](NC(=O)[C@@H](N)CCC(=O)O)C(=O)N[C@@H](Cc1cscn1)C(=O)N[C@@H](Cc1ccccc1)[C@@H](O)C(=O)N[C@@H](CC(=O)O)C(=O)N[C@@H](C)C(=O)N[C@@H](CCC(=O)O)C(=O)N[C@@H](Cc1ccccc1)C(=O)O. The second kappa shape index (κ2) is 29.5. The Morgan fingerprint density at radius 1 is 0.548 bits per heavy atom. The Kier molecular flexibility index (Phi) is 24.0.